The maximum atomic E-state index is 12.9. The van der Waals surface area contributed by atoms with E-state index in [2.05, 4.69) is 12.3 Å². The lowest BCUT2D eigenvalue weighted by atomic mass is 10.1. The third-order valence-electron chi connectivity index (χ3n) is 4.83. The minimum Gasteiger partial charge on any atom is -0.497 e. The summed E-state index contributed by atoms with van der Waals surface area (Å²) in [7, 11) is 1.55. The molecule has 2 aromatic rings. The number of hydrogen-bond donors (Lipinski definition) is 1. The number of ether oxygens (including phenoxy) is 3. The fourth-order valence-corrected chi connectivity index (χ4v) is 4.08. The van der Waals surface area contributed by atoms with Crippen LogP contribution in [0.2, 0.25) is 0 Å². The number of thioether (sulfide) groups is 1. The van der Waals surface area contributed by atoms with Gasteiger partial charge in [-0.1, -0.05) is 24.8 Å². The number of hydrogen-bond acceptors (Lipinski definition) is 7. The second-order valence-corrected chi connectivity index (χ2v) is 8.84. The van der Waals surface area contributed by atoms with Gasteiger partial charge in [0.1, 0.15) is 5.75 Å². The molecule has 0 aromatic heterocycles. The highest BCUT2D eigenvalue weighted by Gasteiger charge is 2.33. The molecule has 2 aromatic carbocycles. The van der Waals surface area contributed by atoms with Crippen molar-refractivity contribution < 1.29 is 23.8 Å². The van der Waals surface area contributed by atoms with E-state index in [0.717, 1.165) is 28.8 Å². The second kappa shape index (κ2) is 11.2. The first-order chi connectivity index (χ1) is 15.9. The van der Waals surface area contributed by atoms with Crippen LogP contribution in [-0.2, 0) is 4.79 Å². The Morgan fingerprint density at radius 2 is 1.91 bits per heavy atom. The Bertz CT molecular complexity index is 1070. The molecular formula is C24H26N2O5S2. The predicted octanol–water partition coefficient (Wildman–Crippen LogP) is 4.82. The number of amides is 2. The largest absolute Gasteiger partial charge is 0.497 e. The molecule has 7 nitrogen and oxygen atoms in total. The molecule has 0 spiro atoms. The van der Waals surface area contributed by atoms with Crippen LogP contribution in [0.1, 0.15) is 43.1 Å². The first kappa shape index (κ1) is 24.6. The molecule has 0 radical (unpaired) electrons. The van der Waals surface area contributed by atoms with Crippen molar-refractivity contribution >= 4 is 46.2 Å². The molecule has 0 saturated carbocycles. The van der Waals surface area contributed by atoms with Crippen LogP contribution in [0.4, 0.5) is 0 Å². The predicted molar refractivity (Wildman–Crippen MR) is 133 cm³/mol. The number of hydrazine groups is 1. The number of carbonyl (C=O) groups excluding carboxylic acids is 2. The highest BCUT2D eigenvalue weighted by molar-refractivity contribution is 8.26. The van der Waals surface area contributed by atoms with Gasteiger partial charge in [-0.25, -0.2) is 0 Å². The molecule has 1 saturated heterocycles. The van der Waals surface area contributed by atoms with Gasteiger partial charge in [0, 0.05) is 5.56 Å². The van der Waals surface area contributed by atoms with Crippen LogP contribution in [-0.4, -0.2) is 41.0 Å². The van der Waals surface area contributed by atoms with Crippen LogP contribution < -0.4 is 19.6 Å². The summed E-state index contributed by atoms with van der Waals surface area (Å²) in [5.74, 6) is 1.05. The third kappa shape index (κ3) is 6.06. The standard InChI is InChI=1S/C24H26N2O5S2/c1-5-15(3)31-19-12-7-16(13-20(19)30-6-2)14-21-23(28)26(24(32)33-21)25-22(27)17-8-10-18(29-4)11-9-17/h7-15H,5-6H2,1-4H3,(H,25,27)/b21-14+/t15-/m1/s1. The summed E-state index contributed by atoms with van der Waals surface area (Å²) in [6, 6.07) is 12.1. The van der Waals surface area contributed by atoms with E-state index in [4.69, 9.17) is 26.4 Å². The molecule has 1 N–H and O–H groups in total. The van der Waals surface area contributed by atoms with Crippen LogP contribution in [0.15, 0.2) is 47.4 Å². The van der Waals surface area contributed by atoms with E-state index >= 15 is 0 Å². The molecule has 0 aliphatic carbocycles. The highest BCUT2D eigenvalue weighted by atomic mass is 32.2. The van der Waals surface area contributed by atoms with Gasteiger partial charge in [0.15, 0.2) is 15.8 Å². The van der Waals surface area contributed by atoms with Gasteiger partial charge in [-0.2, -0.15) is 5.01 Å². The molecule has 3 rings (SSSR count). The maximum absolute atomic E-state index is 12.9. The molecule has 1 atom stereocenters. The zero-order valence-electron chi connectivity index (χ0n) is 18.9. The lowest BCUT2D eigenvalue weighted by Gasteiger charge is -2.17. The van der Waals surface area contributed by atoms with Crippen LogP contribution in [0.5, 0.6) is 17.2 Å². The third-order valence-corrected chi connectivity index (χ3v) is 6.13. The zero-order valence-corrected chi connectivity index (χ0v) is 20.5. The van der Waals surface area contributed by atoms with E-state index in [-0.39, 0.29) is 10.4 Å². The summed E-state index contributed by atoms with van der Waals surface area (Å²) in [5, 5.41) is 1.09. The molecule has 1 aliphatic rings. The van der Waals surface area contributed by atoms with Gasteiger partial charge in [0.25, 0.3) is 11.8 Å². The van der Waals surface area contributed by atoms with Gasteiger partial charge >= 0.3 is 0 Å². The SMILES string of the molecule is CCOc1cc(/C=C2/SC(=S)N(NC(=O)c3ccc(OC)cc3)C2=O)ccc1O[C@H](C)CC. The van der Waals surface area contributed by atoms with Crippen molar-refractivity contribution in [1.82, 2.24) is 10.4 Å². The van der Waals surface area contributed by atoms with E-state index in [9.17, 15) is 9.59 Å². The number of methoxy groups -OCH3 is 1. The monoisotopic (exact) mass is 486 g/mol. The summed E-state index contributed by atoms with van der Waals surface area (Å²) in [6.07, 6.45) is 2.65. The normalized spacial score (nSPS) is 15.5. The molecule has 2 amide bonds. The Morgan fingerprint density at radius 3 is 2.55 bits per heavy atom. The fraction of sp³-hybridized carbons (Fsp3) is 0.292. The minimum absolute atomic E-state index is 0.0561. The fourth-order valence-electron chi connectivity index (χ4n) is 2.90. The smallest absolute Gasteiger partial charge is 0.285 e. The number of carbonyl (C=O) groups is 2. The minimum atomic E-state index is -0.444. The summed E-state index contributed by atoms with van der Waals surface area (Å²) >= 11 is 6.44. The summed E-state index contributed by atoms with van der Waals surface area (Å²) in [6.45, 7) is 6.43. The van der Waals surface area contributed by atoms with Crippen LogP contribution >= 0.6 is 24.0 Å². The average molecular weight is 487 g/mol. The number of benzene rings is 2. The van der Waals surface area contributed by atoms with Crippen molar-refractivity contribution in [3.63, 3.8) is 0 Å². The molecule has 1 fully saturated rings. The quantitative estimate of drug-likeness (QED) is 0.402. The van der Waals surface area contributed by atoms with E-state index in [0.29, 0.717) is 34.3 Å². The van der Waals surface area contributed by atoms with Gasteiger partial charge < -0.3 is 14.2 Å². The first-order valence-corrected chi connectivity index (χ1v) is 11.7. The Morgan fingerprint density at radius 1 is 1.18 bits per heavy atom. The molecule has 33 heavy (non-hydrogen) atoms. The number of nitrogens with one attached hydrogen (secondary N) is 1. The lowest BCUT2D eigenvalue weighted by molar-refractivity contribution is -0.123. The van der Waals surface area contributed by atoms with Crippen LogP contribution in [0.3, 0.4) is 0 Å². The Balaban J connectivity index is 1.76. The lowest BCUT2D eigenvalue weighted by Crippen LogP contribution is -2.44. The van der Waals surface area contributed by atoms with E-state index in [1.54, 1.807) is 37.5 Å². The average Bonchev–Trinajstić information content (AvgIpc) is 3.08. The summed E-state index contributed by atoms with van der Waals surface area (Å²) in [4.78, 5) is 25.9. The Labute approximate surface area is 203 Å². The van der Waals surface area contributed by atoms with E-state index in [1.165, 1.54) is 0 Å². The second-order valence-electron chi connectivity index (χ2n) is 7.16. The molecule has 9 heteroatoms. The number of thiocarbonyl (C=S) groups is 1. The molecule has 0 bridgehead atoms. The first-order valence-electron chi connectivity index (χ1n) is 10.5. The number of rotatable bonds is 9. The number of nitrogens with zero attached hydrogens (tertiary/aromatic N) is 1. The van der Waals surface area contributed by atoms with Crippen molar-refractivity contribution in [2.45, 2.75) is 33.3 Å². The van der Waals surface area contributed by atoms with Crippen molar-refractivity contribution in [2.24, 2.45) is 0 Å². The molecule has 0 unspecified atom stereocenters. The molecule has 1 aliphatic heterocycles. The van der Waals surface area contributed by atoms with Gasteiger partial charge in [-0.3, -0.25) is 15.0 Å². The molecule has 1 heterocycles. The molecular weight excluding hydrogens is 460 g/mol. The van der Waals surface area contributed by atoms with E-state index < -0.39 is 11.8 Å². The highest BCUT2D eigenvalue weighted by Crippen LogP contribution is 2.34. The van der Waals surface area contributed by atoms with Crippen LogP contribution in [0.25, 0.3) is 6.08 Å². The van der Waals surface area contributed by atoms with Crippen molar-refractivity contribution in [1.29, 1.82) is 0 Å². The van der Waals surface area contributed by atoms with Gasteiger partial charge in [0.2, 0.25) is 0 Å². The van der Waals surface area contributed by atoms with Crippen LogP contribution in [0, 0.1) is 0 Å². The Kier molecular flexibility index (Phi) is 8.35. The topological polar surface area (TPSA) is 77.1 Å². The molecule has 174 valence electrons. The summed E-state index contributed by atoms with van der Waals surface area (Å²) in [5.41, 5.74) is 3.72. The van der Waals surface area contributed by atoms with Gasteiger partial charge in [-0.15, -0.1) is 0 Å². The van der Waals surface area contributed by atoms with E-state index in [1.807, 2.05) is 32.0 Å². The van der Waals surface area contributed by atoms with Crippen molar-refractivity contribution in [3.8, 4) is 17.2 Å². The van der Waals surface area contributed by atoms with Crippen molar-refractivity contribution in [3.05, 3.63) is 58.5 Å². The maximum Gasteiger partial charge on any atom is 0.285 e. The summed E-state index contributed by atoms with van der Waals surface area (Å²) < 4.78 is 17.0. The Hall–Kier alpha value is -3.04. The van der Waals surface area contributed by atoms with Crippen molar-refractivity contribution in [2.75, 3.05) is 13.7 Å². The zero-order chi connectivity index (χ0) is 24.0. The van der Waals surface area contributed by atoms with Gasteiger partial charge in [-0.05, 0) is 80.5 Å². The van der Waals surface area contributed by atoms with Gasteiger partial charge in [0.05, 0.1) is 24.7 Å².